The number of carboxylic acid groups (broad SMARTS) is 1. The third-order valence-corrected chi connectivity index (χ3v) is 1.89. The summed E-state index contributed by atoms with van der Waals surface area (Å²) in [7, 11) is 0. The van der Waals surface area contributed by atoms with E-state index >= 15 is 0 Å². The molecule has 0 fully saturated rings. The maximum absolute atomic E-state index is 10.8. The lowest BCUT2D eigenvalue weighted by atomic mass is 10.2. The van der Waals surface area contributed by atoms with E-state index in [4.69, 9.17) is 9.84 Å². The third-order valence-electron chi connectivity index (χ3n) is 1.89. The predicted octanol–water partition coefficient (Wildman–Crippen LogP) is 1.92. The van der Waals surface area contributed by atoms with E-state index in [0.717, 1.165) is 11.6 Å². The van der Waals surface area contributed by atoms with Gasteiger partial charge >= 0.3 is 5.97 Å². The van der Waals surface area contributed by atoms with E-state index in [1.54, 1.807) is 30.3 Å². The van der Waals surface area contributed by atoms with Crippen molar-refractivity contribution >= 4 is 17.8 Å². The second kappa shape index (κ2) is 6.27. The van der Waals surface area contributed by atoms with E-state index in [1.807, 2.05) is 0 Å². The van der Waals surface area contributed by atoms with Gasteiger partial charge in [0.25, 0.3) is 5.78 Å². The molecule has 0 aromatic heterocycles. The van der Waals surface area contributed by atoms with Gasteiger partial charge in [-0.05, 0) is 23.8 Å². The Morgan fingerprint density at radius 3 is 2.47 bits per heavy atom. The highest BCUT2D eigenvalue weighted by Gasteiger charge is 2.05. The molecule has 17 heavy (non-hydrogen) atoms. The smallest absolute Gasteiger partial charge is 0.376 e. The molecule has 0 unspecified atom stereocenters. The van der Waals surface area contributed by atoms with Crippen molar-refractivity contribution in [2.75, 3.05) is 6.61 Å². The number of benzene rings is 1. The van der Waals surface area contributed by atoms with Gasteiger partial charge < -0.3 is 9.84 Å². The first-order chi connectivity index (χ1) is 8.13. The molecule has 0 atom stereocenters. The standard InChI is InChI=1S/C13H12O4/c1-2-9-17-11-6-3-10(4-7-11)5-8-12(14)13(15)16/h2-8H,1,9H2,(H,15,16)/b8-5+. The molecule has 4 nitrogen and oxygen atoms in total. The molecule has 0 saturated heterocycles. The van der Waals surface area contributed by atoms with Gasteiger partial charge in [-0.3, -0.25) is 4.79 Å². The second-order valence-electron chi connectivity index (χ2n) is 3.17. The molecule has 1 rings (SSSR count). The van der Waals surface area contributed by atoms with Crippen molar-refractivity contribution in [2.24, 2.45) is 0 Å². The Hall–Kier alpha value is -2.36. The maximum Gasteiger partial charge on any atom is 0.376 e. The molecule has 0 aliphatic rings. The zero-order chi connectivity index (χ0) is 12.7. The largest absolute Gasteiger partial charge is 0.490 e. The molecule has 0 aliphatic carbocycles. The number of carbonyl (C=O) groups excluding carboxylic acids is 1. The Morgan fingerprint density at radius 1 is 1.29 bits per heavy atom. The fourth-order valence-electron chi connectivity index (χ4n) is 1.07. The zero-order valence-corrected chi connectivity index (χ0v) is 9.13. The number of aliphatic carboxylic acids is 1. The monoisotopic (exact) mass is 232 g/mol. The lowest BCUT2D eigenvalue weighted by Gasteiger charge is -2.02. The van der Waals surface area contributed by atoms with Crippen molar-refractivity contribution in [3.05, 3.63) is 48.6 Å². The summed E-state index contributed by atoms with van der Waals surface area (Å²) in [6.45, 7) is 3.95. The van der Waals surface area contributed by atoms with Crippen LogP contribution in [-0.4, -0.2) is 23.5 Å². The molecule has 4 heteroatoms. The van der Waals surface area contributed by atoms with E-state index in [0.29, 0.717) is 12.4 Å². The quantitative estimate of drug-likeness (QED) is 0.462. The van der Waals surface area contributed by atoms with Gasteiger partial charge in [-0.1, -0.05) is 30.9 Å². The van der Waals surface area contributed by atoms with Crippen LogP contribution in [0.3, 0.4) is 0 Å². The highest BCUT2D eigenvalue weighted by molar-refractivity contribution is 6.38. The average Bonchev–Trinajstić information content (AvgIpc) is 2.34. The van der Waals surface area contributed by atoms with Gasteiger partial charge in [-0.25, -0.2) is 4.79 Å². The molecule has 0 bridgehead atoms. The van der Waals surface area contributed by atoms with Crippen molar-refractivity contribution in [3.63, 3.8) is 0 Å². The minimum absolute atomic E-state index is 0.423. The summed E-state index contributed by atoms with van der Waals surface area (Å²) >= 11 is 0. The van der Waals surface area contributed by atoms with Gasteiger partial charge in [-0.15, -0.1) is 0 Å². The van der Waals surface area contributed by atoms with Crippen molar-refractivity contribution in [2.45, 2.75) is 0 Å². The van der Waals surface area contributed by atoms with Crippen LogP contribution >= 0.6 is 0 Å². The first-order valence-corrected chi connectivity index (χ1v) is 4.92. The number of ether oxygens (including phenoxy) is 1. The Bertz CT molecular complexity index is 443. The molecule has 1 aromatic rings. The Kier molecular flexibility index (Phi) is 4.69. The van der Waals surface area contributed by atoms with Gasteiger partial charge in [0.2, 0.25) is 0 Å². The van der Waals surface area contributed by atoms with Crippen LogP contribution in [-0.2, 0) is 9.59 Å². The summed E-state index contributed by atoms with van der Waals surface area (Å²) in [5.41, 5.74) is 0.727. The molecular weight excluding hydrogens is 220 g/mol. The van der Waals surface area contributed by atoms with Crippen LogP contribution in [0.25, 0.3) is 6.08 Å². The third kappa shape index (κ3) is 4.34. The fraction of sp³-hybridized carbons (Fsp3) is 0.0769. The summed E-state index contributed by atoms with van der Waals surface area (Å²) in [6.07, 6.45) is 4.09. The van der Waals surface area contributed by atoms with Gasteiger partial charge in [0.15, 0.2) is 0 Å². The molecule has 1 aromatic carbocycles. The minimum Gasteiger partial charge on any atom is -0.490 e. The van der Waals surface area contributed by atoms with Crippen LogP contribution in [0.2, 0.25) is 0 Å². The molecule has 1 N–H and O–H groups in total. The summed E-state index contributed by atoms with van der Waals surface area (Å²) in [6, 6.07) is 6.91. The van der Waals surface area contributed by atoms with Crippen LogP contribution in [0.4, 0.5) is 0 Å². The lowest BCUT2D eigenvalue weighted by Crippen LogP contribution is -2.08. The molecule has 0 aliphatic heterocycles. The van der Waals surface area contributed by atoms with Crippen LogP contribution in [0.15, 0.2) is 43.0 Å². The van der Waals surface area contributed by atoms with E-state index in [9.17, 15) is 9.59 Å². The van der Waals surface area contributed by atoms with Crippen LogP contribution in [0, 0.1) is 0 Å². The topological polar surface area (TPSA) is 63.6 Å². The number of hydrogen-bond donors (Lipinski definition) is 1. The van der Waals surface area contributed by atoms with Gasteiger partial charge in [0.1, 0.15) is 12.4 Å². The lowest BCUT2D eigenvalue weighted by molar-refractivity contribution is -0.146. The van der Waals surface area contributed by atoms with Crippen molar-refractivity contribution in [1.29, 1.82) is 0 Å². The van der Waals surface area contributed by atoms with Crippen LogP contribution in [0.1, 0.15) is 5.56 Å². The van der Waals surface area contributed by atoms with Gasteiger partial charge in [0.05, 0.1) is 0 Å². The summed E-state index contributed by atoms with van der Waals surface area (Å²) < 4.78 is 5.27. The normalized spacial score (nSPS) is 10.1. The Morgan fingerprint density at radius 2 is 1.94 bits per heavy atom. The molecule has 88 valence electrons. The first-order valence-electron chi connectivity index (χ1n) is 4.92. The number of carboxylic acids is 1. The highest BCUT2D eigenvalue weighted by atomic mass is 16.5. The Labute approximate surface area is 98.8 Å². The minimum atomic E-state index is -1.47. The maximum atomic E-state index is 10.8. The van der Waals surface area contributed by atoms with Gasteiger partial charge in [0, 0.05) is 0 Å². The zero-order valence-electron chi connectivity index (χ0n) is 9.13. The second-order valence-corrected chi connectivity index (χ2v) is 3.17. The molecule has 0 saturated carbocycles. The number of rotatable bonds is 6. The highest BCUT2D eigenvalue weighted by Crippen LogP contribution is 2.13. The van der Waals surface area contributed by atoms with E-state index < -0.39 is 11.8 Å². The summed E-state index contributed by atoms with van der Waals surface area (Å²) in [5, 5.41) is 8.37. The molecular formula is C13H12O4. The fourth-order valence-corrected chi connectivity index (χ4v) is 1.07. The van der Waals surface area contributed by atoms with Gasteiger partial charge in [-0.2, -0.15) is 0 Å². The molecule has 0 radical (unpaired) electrons. The van der Waals surface area contributed by atoms with Crippen LogP contribution in [0.5, 0.6) is 5.75 Å². The van der Waals surface area contributed by atoms with E-state index in [1.165, 1.54) is 6.08 Å². The number of hydrogen-bond acceptors (Lipinski definition) is 3. The van der Waals surface area contributed by atoms with Crippen LogP contribution < -0.4 is 4.74 Å². The van der Waals surface area contributed by atoms with E-state index in [2.05, 4.69) is 6.58 Å². The summed E-state index contributed by atoms with van der Waals surface area (Å²) in [5.74, 6) is -1.73. The van der Waals surface area contributed by atoms with Crippen molar-refractivity contribution in [3.8, 4) is 5.75 Å². The average molecular weight is 232 g/mol. The summed E-state index contributed by atoms with van der Waals surface area (Å²) in [4.78, 5) is 21.1. The van der Waals surface area contributed by atoms with Crippen molar-refractivity contribution in [1.82, 2.24) is 0 Å². The van der Waals surface area contributed by atoms with E-state index in [-0.39, 0.29) is 0 Å². The number of carbonyl (C=O) groups is 2. The number of ketones is 1. The Balaban J connectivity index is 2.65. The van der Waals surface area contributed by atoms with Crippen molar-refractivity contribution < 1.29 is 19.4 Å². The predicted molar refractivity (Wildman–Crippen MR) is 63.8 cm³/mol. The first kappa shape index (κ1) is 12.7. The molecule has 0 amide bonds. The molecule has 0 spiro atoms. The SMILES string of the molecule is C=CCOc1ccc(/C=C/C(=O)C(=O)O)cc1. The molecule has 0 heterocycles.